The number of nitrogens with one attached hydrogen (secondary N) is 2. The number of hydrogen-bond donors (Lipinski definition) is 2. The summed E-state index contributed by atoms with van der Waals surface area (Å²) < 4.78 is 26.6. The quantitative estimate of drug-likeness (QED) is 0.634. The Morgan fingerprint density at radius 2 is 2.00 bits per heavy atom. The van der Waals surface area contributed by atoms with E-state index in [4.69, 9.17) is 0 Å². The van der Waals surface area contributed by atoms with Gasteiger partial charge in [-0.15, -0.1) is 0 Å². The number of hydrogen-bond acceptors (Lipinski definition) is 6. The summed E-state index contributed by atoms with van der Waals surface area (Å²) in [5.74, 6) is 0.198. The fourth-order valence-corrected chi connectivity index (χ4v) is 5.36. The number of aliphatic imine (C=N–C) groups is 1. The van der Waals surface area contributed by atoms with Crippen molar-refractivity contribution in [2.24, 2.45) is 4.99 Å². The molecule has 7 nitrogen and oxygen atoms in total. The fourth-order valence-electron chi connectivity index (χ4n) is 3.41. The van der Waals surface area contributed by atoms with E-state index in [1.807, 2.05) is 5.38 Å². The molecule has 1 aliphatic heterocycles. The number of amides is 1. The first kappa shape index (κ1) is 21.5. The van der Waals surface area contributed by atoms with Crippen LogP contribution in [0.15, 0.2) is 51.0 Å². The first-order chi connectivity index (χ1) is 14.0. The normalized spacial score (nSPS) is 17.1. The number of rotatable bonds is 9. The van der Waals surface area contributed by atoms with Crippen molar-refractivity contribution in [3.05, 3.63) is 52.2 Å². The molecule has 1 aliphatic rings. The van der Waals surface area contributed by atoms with Gasteiger partial charge in [0.2, 0.25) is 5.91 Å². The monoisotopic (exact) mass is 434 g/mol. The molecule has 0 fully saturated rings. The molecule has 1 amide bonds. The van der Waals surface area contributed by atoms with E-state index in [1.54, 1.807) is 35.6 Å². The van der Waals surface area contributed by atoms with Crippen LogP contribution >= 0.6 is 11.3 Å². The van der Waals surface area contributed by atoms with Crippen LogP contribution in [0.3, 0.4) is 0 Å². The summed E-state index contributed by atoms with van der Waals surface area (Å²) in [6.45, 7) is 6.78. The van der Waals surface area contributed by atoms with Crippen molar-refractivity contribution in [1.29, 1.82) is 0 Å². The molecule has 0 spiro atoms. The molecule has 1 atom stereocenters. The second-order valence-electron chi connectivity index (χ2n) is 6.68. The molecule has 9 heteroatoms. The van der Waals surface area contributed by atoms with Crippen LogP contribution in [-0.2, 0) is 14.8 Å². The van der Waals surface area contributed by atoms with Gasteiger partial charge < -0.3 is 5.32 Å². The molecule has 1 aromatic heterocycles. The third-order valence-electron chi connectivity index (χ3n) is 4.95. The Balaban J connectivity index is 1.57. The zero-order valence-electron chi connectivity index (χ0n) is 16.6. The zero-order chi connectivity index (χ0) is 20.9. The van der Waals surface area contributed by atoms with Gasteiger partial charge in [-0.25, -0.2) is 8.42 Å². The van der Waals surface area contributed by atoms with Crippen molar-refractivity contribution >= 4 is 33.1 Å². The molecule has 156 valence electrons. The number of sulfonamides is 1. The second-order valence-corrected chi connectivity index (χ2v) is 9.11. The Bertz CT molecular complexity index is 967. The van der Waals surface area contributed by atoms with Crippen LogP contribution in [-0.4, -0.2) is 51.2 Å². The fraction of sp³-hybridized carbons (Fsp3) is 0.400. The summed E-state index contributed by atoms with van der Waals surface area (Å²) in [5, 5.41) is 7.16. The van der Waals surface area contributed by atoms with Crippen molar-refractivity contribution in [1.82, 2.24) is 14.9 Å². The zero-order valence-corrected chi connectivity index (χ0v) is 18.2. The molecule has 1 unspecified atom stereocenters. The van der Waals surface area contributed by atoms with E-state index in [-0.39, 0.29) is 29.8 Å². The first-order valence-corrected chi connectivity index (χ1v) is 12.1. The topological polar surface area (TPSA) is 90.9 Å². The molecular weight excluding hydrogens is 408 g/mol. The van der Waals surface area contributed by atoms with Gasteiger partial charge in [0.25, 0.3) is 10.0 Å². The molecule has 3 rings (SSSR count). The predicted molar refractivity (Wildman–Crippen MR) is 116 cm³/mol. The number of nitrogens with zero attached hydrogens (tertiary/aromatic N) is 2. The third-order valence-corrected chi connectivity index (χ3v) is 7.04. The van der Waals surface area contributed by atoms with E-state index in [0.717, 1.165) is 13.1 Å². The van der Waals surface area contributed by atoms with E-state index in [0.29, 0.717) is 17.9 Å². The van der Waals surface area contributed by atoms with Gasteiger partial charge in [-0.2, -0.15) is 11.3 Å². The van der Waals surface area contributed by atoms with E-state index in [2.05, 4.69) is 45.2 Å². The van der Waals surface area contributed by atoms with Gasteiger partial charge in [-0.05, 0) is 47.6 Å². The lowest BCUT2D eigenvalue weighted by atomic mass is 10.1. The van der Waals surface area contributed by atoms with E-state index >= 15 is 0 Å². The minimum Gasteiger partial charge on any atom is -0.354 e. The van der Waals surface area contributed by atoms with Crippen LogP contribution in [0.4, 0.5) is 0 Å². The highest BCUT2D eigenvalue weighted by molar-refractivity contribution is 7.90. The SMILES string of the molecule is CCN(CC)C(CNC(=O)CCN=C1NS(=O)(=O)c2ccccc21)c1ccsc1. The molecule has 0 bridgehead atoms. The van der Waals surface area contributed by atoms with Crippen molar-refractivity contribution in [3.63, 3.8) is 0 Å². The van der Waals surface area contributed by atoms with E-state index in [9.17, 15) is 13.2 Å². The van der Waals surface area contributed by atoms with Crippen LogP contribution in [0.1, 0.15) is 37.4 Å². The summed E-state index contributed by atoms with van der Waals surface area (Å²) in [7, 11) is -3.55. The summed E-state index contributed by atoms with van der Waals surface area (Å²) in [6, 6.07) is 8.93. The molecule has 1 aromatic carbocycles. The number of benzene rings is 1. The van der Waals surface area contributed by atoms with Gasteiger partial charge in [0.1, 0.15) is 5.84 Å². The molecule has 0 aliphatic carbocycles. The van der Waals surface area contributed by atoms with Crippen LogP contribution in [0.2, 0.25) is 0 Å². The van der Waals surface area contributed by atoms with Crippen LogP contribution < -0.4 is 10.0 Å². The largest absolute Gasteiger partial charge is 0.354 e. The predicted octanol–water partition coefficient (Wildman–Crippen LogP) is 2.38. The van der Waals surface area contributed by atoms with Crippen molar-refractivity contribution < 1.29 is 13.2 Å². The van der Waals surface area contributed by atoms with Gasteiger partial charge >= 0.3 is 0 Å². The molecule has 29 heavy (non-hydrogen) atoms. The number of likely N-dealkylation sites (N-methyl/N-ethyl adjacent to an activating group) is 1. The average Bonchev–Trinajstić information content (AvgIpc) is 3.32. The lowest BCUT2D eigenvalue weighted by molar-refractivity contribution is -0.121. The molecule has 2 heterocycles. The summed E-state index contributed by atoms with van der Waals surface area (Å²) in [5.41, 5.74) is 1.75. The molecule has 0 saturated carbocycles. The van der Waals surface area contributed by atoms with Crippen LogP contribution in [0.5, 0.6) is 0 Å². The first-order valence-electron chi connectivity index (χ1n) is 9.65. The number of carbonyl (C=O) groups excluding carboxylic acids is 1. The average molecular weight is 435 g/mol. The Kier molecular flexibility index (Phi) is 7.05. The van der Waals surface area contributed by atoms with Crippen molar-refractivity contribution in [2.45, 2.75) is 31.2 Å². The third kappa shape index (κ3) is 5.04. The van der Waals surface area contributed by atoms with Gasteiger partial charge in [0, 0.05) is 18.5 Å². The molecule has 2 aromatic rings. The highest BCUT2D eigenvalue weighted by Gasteiger charge is 2.30. The second kappa shape index (κ2) is 9.51. The number of carbonyl (C=O) groups is 1. The highest BCUT2D eigenvalue weighted by Crippen LogP contribution is 2.23. The standard InChI is InChI=1S/C20H26N4O3S2/c1-3-24(4-2)17(15-10-12-28-14-15)13-22-19(25)9-11-21-20-16-7-5-6-8-18(16)29(26,27)23-20/h5-8,10,12,14,17H,3-4,9,11,13H2,1-2H3,(H,21,23)(H,22,25). The summed E-state index contributed by atoms with van der Waals surface area (Å²) in [6.07, 6.45) is 0.196. The van der Waals surface area contributed by atoms with Gasteiger partial charge in [0.05, 0.1) is 17.5 Å². The van der Waals surface area contributed by atoms with Gasteiger partial charge in [0.15, 0.2) is 0 Å². The number of amidine groups is 1. The Morgan fingerprint density at radius 1 is 1.24 bits per heavy atom. The molecule has 2 N–H and O–H groups in total. The Hall–Kier alpha value is -2.23. The maximum absolute atomic E-state index is 12.3. The number of fused-ring (bicyclic) bond motifs is 1. The summed E-state index contributed by atoms with van der Waals surface area (Å²) >= 11 is 1.65. The lowest BCUT2D eigenvalue weighted by Gasteiger charge is -2.29. The smallest absolute Gasteiger partial charge is 0.263 e. The minimum atomic E-state index is -3.55. The molecular formula is C20H26N4O3S2. The van der Waals surface area contributed by atoms with E-state index in [1.165, 1.54) is 5.56 Å². The van der Waals surface area contributed by atoms with Crippen LogP contribution in [0, 0.1) is 0 Å². The maximum atomic E-state index is 12.3. The van der Waals surface area contributed by atoms with Crippen molar-refractivity contribution in [2.75, 3.05) is 26.2 Å². The highest BCUT2D eigenvalue weighted by atomic mass is 32.2. The van der Waals surface area contributed by atoms with Gasteiger partial charge in [-0.3, -0.25) is 19.4 Å². The summed E-state index contributed by atoms with van der Waals surface area (Å²) in [4.78, 5) is 19.2. The Morgan fingerprint density at radius 3 is 2.69 bits per heavy atom. The maximum Gasteiger partial charge on any atom is 0.263 e. The van der Waals surface area contributed by atoms with E-state index < -0.39 is 10.0 Å². The van der Waals surface area contributed by atoms with Crippen molar-refractivity contribution in [3.8, 4) is 0 Å². The lowest BCUT2D eigenvalue weighted by Crippen LogP contribution is -2.38. The molecule has 0 radical (unpaired) electrons. The number of thiophene rings is 1. The minimum absolute atomic E-state index is 0.101. The van der Waals surface area contributed by atoms with Crippen LogP contribution in [0.25, 0.3) is 0 Å². The molecule has 0 saturated heterocycles. The van der Waals surface area contributed by atoms with Gasteiger partial charge in [-0.1, -0.05) is 26.0 Å². The Labute approximate surface area is 175 Å².